The van der Waals surface area contributed by atoms with Gasteiger partial charge in [0.05, 0.1) is 22.2 Å². The Morgan fingerprint density at radius 2 is 1.89 bits per heavy atom. The Balaban J connectivity index is 2.74. The van der Waals surface area contributed by atoms with Crippen LogP contribution in [0.25, 0.3) is 0 Å². The molecule has 0 radical (unpaired) electrons. The standard InChI is InChI=1S/C12H14Cl2N2O3/c1-2-16(7-6-10(17)18)12(19)15-11-8(13)4-3-5-9(11)14/h3-5H,2,6-7H2,1H3,(H,15,19)(H,17,18). The molecule has 1 rings (SSSR count). The number of urea groups is 1. The number of nitrogens with zero attached hydrogens (tertiary/aromatic N) is 1. The fourth-order valence-corrected chi connectivity index (χ4v) is 1.93. The van der Waals surface area contributed by atoms with E-state index in [-0.39, 0.29) is 13.0 Å². The summed E-state index contributed by atoms with van der Waals surface area (Å²) in [5, 5.41) is 11.9. The lowest BCUT2D eigenvalue weighted by molar-refractivity contribution is -0.137. The lowest BCUT2D eigenvalue weighted by Crippen LogP contribution is -2.36. The maximum Gasteiger partial charge on any atom is 0.321 e. The molecule has 0 heterocycles. The number of aliphatic carboxylic acids is 1. The summed E-state index contributed by atoms with van der Waals surface area (Å²) in [7, 11) is 0. The zero-order valence-electron chi connectivity index (χ0n) is 10.3. The van der Waals surface area contributed by atoms with Crippen molar-refractivity contribution < 1.29 is 14.7 Å². The molecule has 1 aromatic carbocycles. The van der Waals surface area contributed by atoms with Gasteiger partial charge < -0.3 is 15.3 Å². The molecule has 0 saturated heterocycles. The Hall–Kier alpha value is -1.46. The van der Waals surface area contributed by atoms with Crippen molar-refractivity contribution in [1.82, 2.24) is 4.90 Å². The van der Waals surface area contributed by atoms with Gasteiger partial charge in [-0.25, -0.2) is 4.79 Å². The highest BCUT2D eigenvalue weighted by molar-refractivity contribution is 6.39. The average Bonchev–Trinajstić information content (AvgIpc) is 2.34. The van der Waals surface area contributed by atoms with Gasteiger partial charge in [-0.2, -0.15) is 0 Å². The second-order valence-electron chi connectivity index (χ2n) is 3.75. The molecule has 0 fully saturated rings. The SMILES string of the molecule is CCN(CCC(=O)O)C(=O)Nc1c(Cl)cccc1Cl. The number of hydrogen-bond donors (Lipinski definition) is 2. The van der Waals surface area contributed by atoms with Crippen LogP contribution in [-0.4, -0.2) is 35.1 Å². The summed E-state index contributed by atoms with van der Waals surface area (Å²) in [5.41, 5.74) is 0.324. The molecule has 0 aromatic heterocycles. The van der Waals surface area contributed by atoms with Gasteiger partial charge in [-0.3, -0.25) is 4.79 Å². The third kappa shape index (κ3) is 4.61. The topological polar surface area (TPSA) is 69.6 Å². The van der Waals surface area contributed by atoms with Crippen LogP contribution in [0.1, 0.15) is 13.3 Å². The zero-order chi connectivity index (χ0) is 14.4. The number of carbonyl (C=O) groups excluding carboxylic acids is 1. The van der Waals surface area contributed by atoms with E-state index in [1.807, 2.05) is 0 Å². The number of nitrogens with one attached hydrogen (secondary N) is 1. The smallest absolute Gasteiger partial charge is 0.321 e. The lowest BCUT2D eigenvalue weighted by atomic mass is 10.3. The van der Waals surface area contributed by atoms with Crippen molar-refractivity contribution in [3.05, 3.63) is 28.2 Å². The molecule has 0 aliphatic rings. The minimum atomic E-state index is -0.956. The first-order chi connectivity index (χ1) is 8.95. The minimum Gasteiger partial charge on any atom is -0.481 e. The van der Waals surface area contributed by atoms with Crippen LogP contribution in [0.2, 0.25) is 10.0 Å². The van der Waals surface area contributed by atoms with Crippen molar-refractivity contribution >= 4 is 40.9 Å². The molecule has 2 amide bonds. The quantitative estimate of drug-likeness (QED) is 0.876. The van der Waals surface area contributed by atoms with Crippen LogP contribution >= 0.6 is 23.2 Å². The fourth-order valence-electron chi connectivity index (χ4n) is 1.44. The molecule has 0 bridgehead atoms. The molecule has 5 nitrogen and oxygen atoms in total. The van der Waals surface area contributed by atoms with Crippen LogP contribution in [0.4, 0.5) is 10.5 Å². The van der Waals surface area contributed by atoms with E-state index in [0.29, 0.717) is 22.3 Å². The van der Waals surface area contributed by atoms with Crippen molar-refractivity contribution in [3.63, 3.8) is 0 Å². The largest absolute Gasteiger partial charge is 0.481 e. The first-order valence-electron chi connectivity index (χ1n) is 5.67. The number of para-hydroxylation sites is 1. The van der Waals surface area contributed by atoms with Crippen LogP contribution in [0, 0.1) is 0 Å². The van der Waals surface area contributed by atoms with Crippen LogP contribution in [0.3, 0.4) is 0 Å². The molecule has 2 N–H and O–H groups in total. The van der Waals surface area contributed by atoms with Gasteiger partial charge in [-0.1, -0.05) is 29.3 Å². The third-order valence-corrected chi connectivity index (χ3v) is 3.09. The third-order valence-electron chi connectivity index (χ3n) is 2.46. The normalized spacial score (nSPS) is 10.1. The van der Waals surface area contributed by atoms with Crippen molar-refractivity contribution in [1.29, 1.82) is 0 Å². The number of anilines is 1. The monoisotopic (exact) mass is 304 g/mol. The second kappa shape index (κ2) is 7.21. The molecule has 104 valence electrons. The summed E-state index contributed by atoms with van der Waals surface area (Å²) in [6.07, 6.45) is -0.114. The number of carboxylic acid groups (broad SMARTS) is 1. The molecule has 7 heteroatoms. The van der Waals surface area contributed by atoms with E-state index in [1.165, 1.54) is 4.90 Å². The summed E-state index contributed by atoms with van der Waals surface area (Å²) < 4.78 is 0. The number of carboxylic acids is 1. The molecule has 0 saturated carbocycles. The molecular weight excluding hydrogens is 291 g/mol. The molecular formula is C12H14Cl2N2O3. The molecule has 19 heavy (non-hydrogen) atoms. The number of halogens is 2. The molecule has 0 spiro atoms. The molecule has 0 aliphatic carbocycles. The van der Waals surface area contributed by atoms with E-state index in [9.17, 15) is 9.59 Å². The van der Waals surface area contributed by atoms with E-state index < -0.39 is 12.0 Å². The van der Waals surface area contributed by atoms with Crippen molar-refractivity contribution in [3.8, 4) is 0 Å². The number of amides is 2. The first-order valence-corrected chi connectivity index (χ1v) is 6.43. The number of benzene rings is 1. The van der Waals surface area contributed by atoms with Crippen molar-refractivity contribution in [2.75, 3.05) is 18.4 Å². The predicted molar refractivity (Wildman–Crippen MR) is 75.0 cm³/mol. The van der Waals surface area contributed by atoms with Crippen LogP contribution < -0.4 is 5.32 Å². The van der Waals surface area contributed by atoms with E-state index in [1.54, 1.807) is 25.1 Å². The van der Waals surface area contributed by atoms with Gasteiger partial charge in [0.25, 0.3) is 0 Å². The van der Waals surface area contributed by atoms with Crippen LogP contribution in [0.15, 0.2) is 18.2 Å². The number of rotatable bonds is 5. The lowest BCUT2D eigenvalue weighted by Gasteiger charge is -2.21. The molecule has 0 aliphatic heterocycles. The van der Waals surface area contributed by atoms with Gasteiger partial charge in [0.15, 0.2) is 0 Å². The zero-order valence-corrected chi connectivity index (χ0v) is 11.8. The maximum absolute atomic E-state index is 12.0. The van der Waals surface area contributed by atoms with Gasteiger partial charge in [-0.15, -0.1) is 0 Å². The Bertz CT molecular complexity index is 460. The van der Waals surface area contributed by atoms with Gasteiger partial charge in [0.2, 0.25) is 0 Å². The highest BCUT2D eigenvalue weighted by Gasteiger charge is 2.15. The van der Waals surface area contributed by atoms with E-state index in [4.69, 9.17) is 28.3 Å². The Kier molecular flexibility index (Phi) is 5.92. The van der Waals surface area contributed by atoms with Crippen molar-refractivity contribution in [2.45, 2.75) is 13.3 Å². The predicted octanol–water partition coefficient (Wildman–Crippen LogP) is 3.32. The first kappa shape index (κ1) is 15.6. The van der Waals surface area contributed by atoms with Gasteiger partial charge in [0, 0.05) is 13.1 Å². The maximum atomic E-state index is 12.0. The van der Waals surface area contributed by atoms with E-state index in [2.05, 4.69) is 5.32 Å². The number of carbonyl (C=O) groups is 2. The van der Waals surface area contributed by atoms with E-state index >= 15 is 0 Å². The summed E-state index contributed by atoms with van der Waals surface area (Å²) >= 11 is 11.9. The van der Waals surface area contributed by atoms with Gasteiger partial charge >= 0.3 is 12.0 Å². The molecule has 0 unspecified atom stereocenters. The Labute approximate surface area is 121 Å². The summed E-state index contributed by atoms with van der Waals surface area (Å²) in [6.45, 7) is 2.27. The fraction of sp³-hybridized carbons (Fsp3) is 0.333. The minimum absolute atomic E-state index is 0.114. The van der Waals surface area contributed by atoms with Crippen molar-refractivity contribution in [2.24, 2.45) is 0 Å². The second-order valence-corrected chi connectivity index (χ2v) is 4.56. The van der Waals surface area contributed by atoms with Gasteiger partial charge in [0.1, 0.15) is 0 Å². The van der Waals surface area contributed by atoms with Crippen LogP contribution in [0.5, 0.6) is 0 Å². The average molecular weight is 305 g/mol. The highest BCUT2D eigenvalue weighted by atomic mass is 35.5. The van der Waals surface area contributed by atoms with Crippen LogP contribution in [-0.2, 0) is 4.79 Å². The van der Waals surface area contributed by atoms with E-state index in [0.717, 1.165) is 0 Å². The summed E-state index contributed by atoms with van der Waals surface area (Å²) in [6, 6.07) is 4.45. The summed E-state index contributed by atoms with van der Waals surface area (Å²) in [5.74, 6) is -0.956. The van der Waals surface area contributed by atoms with Gasteiger partial charge in [-0.05, 0) is 19.1 Å². The Morgan fingerprint density at radius 3 is 2.37 bits per heavy atom. The highest BCUT2D eigenvalue weighted by Crippen LogP contribution is 2.29. The molecule has 1 aromatic rings. The Morgan fingerprint density at radius 1 is 1.32 bits per heavy atom. The summed E-state index contributed by atoms with van der Waals surface area (Å²) in [4.78, 5) is 23.8. The molecule has 0 atom stereocenters. The number of hydrogen-bond acceptors (Lipinski definition) is 2.